The van der Waals surface area contributed by atoms with Crippen LogP contribution in [0.4, 0.5) is 5.69 Å². The Balaban J connectivity index is 1.28. The third-order valence-electron chi connectivity index (χ3n) is 5.49. The van der Waals surface area contributed by atoms with Gasteiger partial charge in [0.2, 0.25) is 11.8 Å². The molecule has 1 N–H and O–H groups in total. The highest BCUT2D eigenvalue weighted by Gasteiger charge is 2.34. The molecule has 4 amide bonds. The van der Waals surface area contributed by atoms with E-state index in [2.05, 4.69) is 5.32 Å². The van der Waals surface area contributed by atoms with Gasteiger partial charge >= 0.3 is 0 Å². The molecule has 2 aromatic rings. The second-order valence-electron chi connectivity index (χ2n) is 7.57. The molecule has 2 heterocycles. The lowest BCUT2D eigenvalue weighted by Crippen LogP contribution is -2.32. The number of anilines is 1. The van der Waals surface area contributed by atoms with Crippen molar-refractivity contribution in [1.82, 2.24) is 9.80 Å². The average molecular weight is 405 g/mol. The Kier molecular flexibility index (Phi) is 5.61. The number of amides is 4. The summed E-state index contributed by atoms with van der Waals surface area (Å²) >= 11 is 0. The summed E-state index contributed by atoms with van der Waals surface area (Å²) in [6.07, 6.45) is 2.50. The fourth-order valence-electron chi connectivity index (χ4n) is 3.84. The van der Waals surface area contributed by atoms with Crippen LogP contribution in [0.3, 0.4) is 0 Å². The summed E-state index contributed by atoms with van der Waals surface area (Å²) in [5.74, 6) is -0.886. The van der Waals surface area contributed by atoms with E-state index in [-0.39, 0.29) is 36.6 Å². The van der Waals surface area contributed by atoms with Crippen LogP contribution in [0.2, 0.25) is 0 Å². The third-order valence-corrected chi connectivity index (χ3v) is 5.49. The maximum absolute atomic E-state index is 12.3. The molecule has 0 spiro atoms. The van der Waals surface area contributed by atoms with Crippen molar-refractivity contribution in [1.29, 1.82) is 0 Å². The molecule has 0 unspecified atom stereocenters. The first kappa shape index (κ1) is 19.8. The summed E-state index contributed by atoms with van der Waals surface area (Å²) in [5.41, 5.74) is 2.26. The van der Waals surface area contributed by atoms with Crippen molar-refractivity contribution < 1.29 is 19.2 Å². The van der Waals surface area contributed by atoms with Crippen molar-refractivity contribution in [3.8, 4) is 0 Å². The highest BCUT2D eigenvalue weighted by atomic mass is 16.2. The van der Waals surface area contributed by atoms with Crippen molar-refractivity contribution in [2.75, 3.05) is 25.0 Å². The molecule has 0 aliphatic carbocycles. The summed E-state index contributed by atoms with van der Waals surface area (Å²) in [6, 6.07) is 13.8. The summed E-state index contributed by atoms with van der Waals surface area (Å²) in [5, 5.41) is 2.77. The number of benzene rings is 2. The number of fused-ring (bicyclic) bond motifs is 1. The minimum atomic E-state index is -0.365. The lowest BCUT2D eigenvalue weighted by Gasteiger charge is -2.15. The molecule has 7 nitrogen and oxygen atoms in total. The van der Waals surface area contributed by atoms with E-state index >= 15 is 0 Å². The Labute approximate surface area is 174 Å². The maximum Gasteiger partial charge on any atom is 0.261 e. The van der Waals surface area contributed by atoms with Gasteiger partial charge in [-0.1, -0.05) is 24.3 Å². The number of rotatable bonds is 6. The zero-order valence-corrected chi connectivity index (χ0v) is 16.6. The highest BCUT2D eigenvalue weighted by molar-refractivity contribution is 6.21. The molecule has 154 valence electrons. The molecular weight excluding hydrogens is 382 g/mol. The molecule has 0 aromatic heterocycles. The Morgan fingerprint density at radius 2 is 1.47 bits per heavy atom. The molecule has 30 heavy (non-hydrogen) atoms. The molecule has 1 fully saturated rings. The lowest BCUT2D eigenvalue weighted by atomic mass is 10.1. The summed E-state index contributed by atoms with van der Waals surface area (Å²) in [6.45, 7) is 1.70. The Bertz CT molecular complexity index is 959. The van der Waals surface area contributed by atoms with Gasteiger partial charge in [0.05, 0.1) is 17.5 Å². The van der Waals surface area contributed by atoms with Gasteiger partial charge in [-0.05, 0) is 42.7 Å². The number of nitrogens with one attached hydrogen (secondary N) is 1. The lowest BCUT2D eigenvalue weighted by molar-refractivity contribution is -0.129. The molecule has 2 aromatic carbocycles. The number of likely N-dealkylation sites (tertiary alicyclic amines) is 1. The van der Waals surface area contributed by atoms with E-state index < -0.39 is 0 Å². The largest absolute Gasteiger partial charge is 0.342 e. The van der Waals surface area contributed by atoms with Crippen molar-refractivity contribution >= 4 is 29.3 Å². The van der Waals surface area contributed by atoms with Crippen molar-refractivity contribution in [3.05, 3.63) is 65.2 Å². The smallest absolute Gasteiger partial charge is 0.261 e. The van der Waals surface area contributed by atoms with Crippen LogP contribution in [0, 0.1) is 0 Å². The normalized spacial score (nSPS) is 15.5. The molecule has 0 radical (unpaired) electrons. The van der Waals surface area contributed by atoms with Crippen LogP contribution in [0.5, 0.6) is 0 Å². The quantitative estimate of drug-likeness (QED) is 0.748. The van der Waals surface area contributed by atoms with Gasteiger partial charge in [-0.25, -0.2) is 0 Å². The van der Waals surface area contributed by atoms with E-state index in [1.165, 1.54) is 0 Å². The van der Waals surface area contributed by atoms with Gasteiger partial charge in [0.1, 0.15) is 0 Å². The number of nitrogens with zero attached hydrogens (tertiary/aromatic N) is 2. The Morgan fingerprint density at radius 1 is 0.867 bits per heavy atom. The van der Waals surface area contributed by atoms with E-state index in [4.69, 9.17) is 0 Å². The molecule has 2 aliphatic rings. The van der Waals surface area contributed by atoms with Crippen LogP contribution in [-0.4, -0.2) is 53.1 Å². The van der Waals surface area contributed by atoms with E-state index in [0.29, 0.717) is 23.2 Å². The first-order chi connectivity index (χ1) is 14.5. The number of hydrogen-bond donors (Lipinski definition) is 1. The molecule has 2 aliphatic heterocycles. The fourth-order valence-corrected chi connectivity index (χ4v) is 3.84. The van der Waals surface area contributed by atoms with Gasteiger partial charge in [-0.3, -0.25) is 24.1 Å². The summed E-state index contributed by atoms with van der Waals surface area (Å²) in [7, 11) is 0. The molecule has 0 bridgehead atoms. The van der Waals surface area contributed by atoms with Crippen molar-refractivity contribution in [2.45, 2.75) is 25.7 Å². The average Bonchev–Trinajstić information content (AvgIpc) is 3.37. The van der Waals surface area contributed by atoms with Crippen LogP contribution in [0.1, 0.15) is 45.5 Å². The first-order valence-corrected chi connectivity index (χ1v) is 10.1. The summed E-state index contributed by atoms with van der Waals surface area (Å²) < 4.78 is 0. The third kappa shape index (κ3) is 4.10. The first-order valence-electron chi connectivity index (χ1n) is 10.1. The van der Waals surface area contributed by atoms with Gasteiger partial charge < -0.3 is 10.2 Å². The summed E-state index contributed by atoms with van der Waals surface area (Å²) in [4.78, 5) is 52.2. The van der Waals surface area contributed by atoms with Crippen molar-refractivity contribution in [2.24, 2.45) is 0 Å². The minimum absolute atomic E-state index is 0.0145. The maximum atomic E-state index is 12.3. The van der Waals surface area contributed by atoms with Crippen LogP contribution in [0.25, 0.3) is 0 Å². The van der Waals surface area contributed by atoms with Crippen LogP contribution in [0.15, 0.2) is 48.5 Å². The topological polar surface area (TPSA) is 86.8 Å². The van der Waals surface area contributed by atoms with Crippen molar-refractivity contribution in [3.63, 3.8) is 0 Å². The SMILES string of the molecule is O=C(CCN1C(=O)c2ccccc2C1=O)Nc1ccc(CC(=O)N2CCCC2)cc1. The van der Waals surface area contributed by atoms with Crippen LogP contribution < -0.4 is 5.32 Å². The number of hydrogen-bond acceptors (Lipinski definition) is 4. The number of imide groups is 1. The molecule has 4 rings (SSSR count). The molecule has 0 saturated carbocycles. The molecular formula is C23H23N3O4. The molecule has 1 saturated heterocycles. The zero-order valence-electron chi connectivity index (χ0n) is 16.6. The number of carbonyl (C=O) groups excluding carboxylic acids is 4. The Morgan fingerprint density at radius 3 is 2.07 bits per heavy atom. The second-order valence-corrected chi connectivity index (χ2v) is 7.57. The van der Waals surface area contributed by atoms with Crippen LogP contribution in [-0.2, 0) is 16.0 Å². The van der Waals surface area contributed by atoms with E-state index in [9.17, 15) is 19.2 Å². The zero-order chi connectivity index (χ0) is 21.1. The van der Waals surface area contributed by atoms with Gasteiger partial charge in [0, 0.05) is 31.7 Å². The van der Waals surface area contributed by atoms with Gasteiger partial charge in [0.25, 0.3) is 11.8 Å². The minimum Gasteiger partial charge on any atom is -0.342 e. The van der Waals surface area contributed by atoms with Gasteiger partial charge in [-0.15, -0.1) is 0 Å². The van der Waals surface area contributed by atoms with E-state index in [1.807, 2.05) is 17.0 Å². The van der Waals surface area contributed by atoms with E-state index in [1.54, 1.807) is 36.4 Å². The predicted molar refractivity (Wildman–Crippen MR) is 111 cm³/mol. The highest BCUT2D eigenvalue weighted by Crippen LogP contribution is 2.22. The number of carbonyl (C=O) groups is 4. The second kappa shape index (κ2) is 8.49. The Hall–Kier alpha value is -3.48. The van der Waals surface area contributed by atoms with Gasteiger partial charge in [-0.2, -0.15) is 0 Å². The monoisotopic (exact) mass is 405 g/mol. The fraction of sp³-hybridized carbons (Fsp3) is 0.304. The van der Waals surface area contributed by atoms with Crippen LogP contribution >= 0.6 is 0 Å². The standard InChI is InChI=1S/C23H23N3O4/c27-20(11-14-26-22(29)18-5-1-2-6-19(18)23(26)30)24-17-9-7-16(8-10-17)15-21(28)25-12-3-4-13-25/h1-2,5-10H,3-4,11-15H2,(H,24,27). The molecule has 0 atom stereocenters. The van der Waals surface area contributed by atoms with Gasteiger partial charge in [0.15, 0.2) is 0 Å². The predicted octanol–water partition coefficient (Wildman–Crippen LogP) is 2.48. The molecule has 7 heteroatoms. The van der Waals surface area contributed by atoms with E-state index in [0.717, 1.165) is 36.4 Å².